The number of allylic oxidation sites excluding steroid dienone is 5. The van der Waals surface area contributed by atoms with Gasteiger partial charge in [-0.1, -0.05) is 29.3 Å². The van der Waals surface area contributed by atoms with E-state index in [1.54, 1.807) is 12.3 Å². The van der Waals surface area contributed by atoms with Crippen molar-refractivity contribution in [1.29, 1.82) is 0 Å². The summed E-state index contributed by atoms with van der Waals surface area (Å²) in [5.74, 6) is -0.555. The second-order valence-corrected chi connectivity index (χ2v) is 4.59. The van der Waals surface area contributed by atoms with Gasteiger partial charge in [-0.3, -0.25) is 9.59 Å². The predicted octanol–water partition coefficient (Wildman–Crippen LogP) is 2.41. The molecule has 0 radical (unpaired) electrons. The van der Waals surface area contributed by atoms with Crippen molar-refractivity contribution in [2.45, 2.75) is 6.92 Å². The Morgan fingerprint density at radius 1 is 1.30 bits per heavy atom. The van der Waals surface area contributed by atoms with E-state index in [2.05, 4.69) is 4.98 Å². The zero-order valence-corrected chi connectivity index (χ0v) is 16.8. The van der Waals surface area contributed by atoms with E-state index in [-0.39, 0.29) is 30.3 Å². The molecule has 0 aromatic carbocycles. The van der Waals surface area contributed by atoms with Crippen molar-refractivity contribution >= 4 is 40.8 Å². The summed E-state index contributed by atoms with van der Waals surface area (Å²) in [7, 11) is 0. The van der Waals surface area contributed by atoms with Crippen LogP contribution in [0.4, 0.5) is 5.82 Å². The van der Waals surface area contributed by atoms with Gasteiger partial charge in [0.2, 0.25) is 5.78 Å². The number of nitrogens with two attached hydrogens (primary N) is 2. The van der Waals surface area contributed by atoms with Crippen molar-refractivity contribution in [2.24, 2.45) is 5.73 Å². The summed E-state index contributed by atoms with van der Waals surface area (Å²) in [4.78, 5) is 23.8. The number of carbonyl (C=O) groups excluding carboxylic acids is 1. The third-order valence-corrected chi connectivity index (χ3v) is 2.40. The number of ketones is 1. The number of pyridine rings is 1. The molecule has 120 valence electrons. The van der Waals surface area contributed by atoms with E-state index in [1.165, 1.54) is 18.4 Å². The Balaban J connectivity index is 0. The van der Waals surface area contributed by atoms with Crippen molar-refractivity contribution in [3.8, 4) is 0 Å². The normalized spacial score (nSPS) is 14.0. The number of halogens is 2. The smallest absolute Gasteiger partial charge is 0.300 e. The van der Waals surface area contributed by atoms with Crippen molar-refractivity contribution in [3.05, 3.63) is 58.4 Å². The van der Waals surface area contributed by atoms with Crippen LogP contribution in [0, 0.1) is 0 Å². The number of nitrogens with zero attached hydrogens (tertiary/aromatic N) is 1. The third-order valence-electron chi connectivity index (χ3n) is 1.90. The van der Waals surface area contributed by atoms with E-state index in [4.69, 9.17) is 44.6 Å². The van der Waals surface area contributed by atoms with E-state index in [1.807, 2.05) is 12.1 Å². The molecule has 5 N–H and O–H groups in total. The van der Waals surface area contributed by atoms with Gasteiger partial charge in [0.1, 0.15) is 5.82 Å². The van der Waals surface area contributed by atoms with Crippen molar-refractivity contribution < 1.29 is 34.2 Å². The van der Waals surface area contributed by atoms with Crippen LogP contribution in [0.1, 0.15) is 6.92 Å². The second-order valence-electron chi connectivity index (χ2n) is 3.75. The number of carboxylic acid groups (broad SMARTS) is 1. The first-order chi connectivity index (χ1) is 10.3. The number of aliphatic carboxylic acids is 1. The molecule has 0 amide bonds. The van der Waals surface area contributed by atoms with Gasteiger partial charge in [-0.05, 0) is 24.3 Å². The molecule has 9 heteroatoms. The number of nitrogen functional groups attached to an aromatic ring is 1. The number of anilines is 1. The third kappa shape index (κ3) is 11.5. The monoisotopic (exact) mass is 407 g/mol. The molecular weight excluding hydrogens is 394 g/mol. The molecule has 1 aliphatic carbocycles. The average Bonchev–Trinajstić information content (AvgIpc) is 2.43. The molecule has 0 unspecified atom stereocenters. The predicted molar refractivity (Wildman–Crippen MR) is 87.1 cm³/mol. The van der Waals surface area contributed by atoms with Crippen LogP contribution in [0.5, 0.6) is 0 Å². The zero-order valence-electron chi connectivity index (χ0n) is 12.4. The standard InChI is InChI=1S/C7H5Cl2NO.C5H6N2.C2H4O2.Zn/c8-5-1-4(3-10)7(11)6(9)2-5;6-5-3-1-2-4-7-5;1-2(3)4;/h1-3H,10H2;1-4H,(H2,6,7);1H3,(H,3,4);/b4-3-;;;. The molecule has 0 aliphatic heterocycles. The van der Waals surface area contributed by atoms with Gasteiger partial charge >= 0.3 is 0 Å². The van der Waals surface area contributed by atoms with E-state index in [9.17, 15) is 4.79 Å². The van der Waals surface area contributed by atoms with Crippen LogP contribution in [0.15, 0.2) is 58.4 Å². The number of hydrogen-bond donors (Lipinski definition) is 3. The van der Waals surface area contributed by atoms with E-state index in [0.717, 1.165) is 6.92 Å². The van der Waals surface area contributed by atoms with Crippen molar-refractivity contribution in [1.82, 2.24) is 4.98 Å². The summed E-state index contributed by atoms with van der Waals surface area (Å²) in [6.45, 7) is 1.08. The van der Waals surface area contributed by atoms with Crippen LogP contribution in [0.3, 0.4) is 0 Å². The molecular formula is C14H15Cl2N3O3Zn. The Labute approximate surface area is 156 Å². The summed E-state index contributed by atoms with van der Waals surface area (Å²) in [5, 5.41) is 7.92. The molecule has 0 fully saturated rings. The van der Waals surface area contributed by atoms with E-state index < -0.39 is 5.97 Å². The van der Waals surface area contributed by atoms with Gasteiger partial charge in [-0.15, -0.1) is 0 Å². The number of carboxylic acids is 1. The minimum absolute atomic E-state index is 0. The first kappa shape index (κ1) is 23.6. The van der Waals surface area contributed by atoms with Crippen LogP contribution < -0.4 is 11.5 Å². The summed E-state index contributed by atoms with van der Waals surface area (Å²) < 4.78 is 0. The number of carbonyl (C=O) groups is 2. The summed E-state index contributed by atoms with van der Waals surface area (Å²) >= 11 is 11.1. The first-order valence-corrected chi connectivity index (χ1v) is 6.60. The minimum Gasteiger partial charge on any atom is -0.481 e. The van der Waals surface area contributed by atoms with E-state index >= 15 is 0 Å². The largest absolute Gasteiger partial charge is 0.481 e. The Bertz CT molecular complexity index is 613. The van der Waals surface area contributed by atoms with Crippen LogP contribution in [0.25, 0.3) is 0 Å². The molecule has 1 aromatic rings. The molecule has 0 saturated heterocycles. The van der Waals surface area contributed by atoms with Gasteiger partial charge in [0.05, 0.1) is 5.03 Å². The van der Waals surface area contributed by atoms with Gasteiger partial charge in [0, 0.05) is 49.4 Å². The number of hydrogen-bond acceptors (Lipinski definition) is 5. The molecule has 1 aromatic heterocycles. The summed E-state index contributed by atoms with van der Waals surface area (Å²) in [6, 6.07) is 5.43. The SMILES string of the molecule is CC(=O)O.N/C=C1/C=C(Cl)C=C(Cl)C1=O.Nc1ccccn1.[Zn]. The van der Waals surface area contributed by atoms with Gasteiger partial charge in [0.25, 0.3) is 5.97 Å². The van der Waals surface area contributed by atoms with Gasteiger partial charge in [0.15, 0.2) is 0 Å². The van der Waals surface area contributed by atoms with Crippen LogP contribution in [0.2, 0.25) is 0 Å². The fraction of sp³-hybridized carbons (Fsp3) is 0.0714. The van der Waals surface area contributed by atoms with Gasteiger partial charge < -0.3 is 16.6 Å². The molecule has 0 atom stereocenters. The molecule has 0 saturated carbocycles. The summed E-state index contributed by atoms with van der Waals surface area (Å²) in [5.41, 5.74) is 10.7. The maximum atomic E-state index is 11.1. The first-order valence-electron chi connectivity index (χ1n) is 5.85. The van der Waals surface area contributed by atoms with E-state index in [0.29, 0.717) is 16.4 Å². The Morgan fingerprint density at radius 2 is 1.87 bits per heavy atom. The zero-order chi connectivity index (χ0) is 17.1. The number of Topliss-reactive ketones (excluding diaryl/α,β-unsaturated/α-hetero) is 1. The average molecular weight is 410 g/mol. The Hall–Kier alpha value is -1.69. The molecule has 6 nitrogen and oxygen atoms in total. The van der Waals surface area contributed by atoms with Gasteiger partial charge in [-0.2, -0.15) is 0 Å². The van der Waals surface area contributed by atoms with Crippen molar-refractivity contribution in [2.75, 3.05) is 5.73 Å². The number of rotatable bonds is 0. The maximum absolute atomic E-state index is 11.1. The Morgan fingerprint density at radius 3 is 2.22 bits per heavy atom. The molecule has 23 heavy (non-hydrogen) atoms. The minimum atomic E-state index is -0.833. The molecule has 2 rings (SSSR count). The van der Waals surface area contributed by atoms with Gasteiger partial charge in [-0.25, -0.2) is 4.98 Å². The van der Waals surface area contributed by atoms with Crippen LogP contribution in [-0.4, -0.2) is 21.8 Å². The molecule has 0 bridgehead atoms. The van der Waals surface area contributed by atoms with Crippen LogP contribution >= 0.6 is 23.2 Å². The van der Waals surface area contributed by atoms with Crippen molar-refractivity contribution in [3.63, 3.8) is 0 Å². The summed E-state index contributed by atoms with van der Waals surface area (Å²) in [6.07, 6.45) is 5.70. The fourth-order valence-electron chi connectivity index (χ4n) is 1.08. The topological polar surface area (TPSA) is 119 Å². The Kier molecular flexibility index (Phi) is 13.1. The molecule has 1 aliphatic rings. The number of aromatic nitrogens is 1. The van der Waals surface area contributed by atoms with Crippen LogP contribution in [-0.2, 0) is 29.1 Å². The molecule has 0 spiro atoms. The fourth-order valence-corrected chi connectivity index (χ4v) is 1.59. The second kappa shape index (κ2) is 12.8. The molecule has 1 heterocycles. The maximum Gasteiger partial charge on any atom is 0.300 e. The quantitative estimate of drug-likeness (QED) is 0.447.